The molecule has 1 amide bonds. The number of rotatable bonds is 10. The third-order valence-electron chi connectivity index (χ3n) is 6.26. The first kappa shape index (κ1) is 27.6. The van der Waals surface area contributed by atoms with Gasteiger partial charge in [0, 0.05) is 35.8 Å². The van der Waals surface area contributed by atoms with Gasteiger partial charge in [-0.1, -0.05) is 26.0 Å². The maximum Gasteiger partial charge on any atom is 0.307 e. The number of aryl methyl sites for hydroxylation is 2. The fourth-order valence-corrected chi connectivity index (χ4v) is 4.38. The van der Waals surface area contributed by atoms with Gasteiger partial charge in [-0.3, -0.25) is 19.4 Å². The summed E-state index contributed by atoms with van der Waals surface area (Å²) in [5, 5.41) is 3.00. The summed E-state index contributed by atoms with van der Waals surface area (Å²) >= 11 is 0. The van der Waals surface area contributed by atoms with Gasteiger partial charge in [-0.05, 0) is 61.1 Å². The third kappa shape index (κ3) is 6.84. The van der Waals surface area contributed by atoms with Crippen LogP contribution in [0.3, 0.4) is 0 Å². The van der Waals surface area contributed by atoms with Gasteiger partial charge < -0.3 is 19.4 Å². The van der Waals surface area contributed by atoms with Gasteiger partial charge in [0.25, 0.3) is 5.56 Å². The van der Waals surface area contributed by atoms with Crippen LogP contribution in [0, 0.1) is 19.8 Å². The summed E-state index contributed by atoms with van der Waals surface area (Å²) < 4.78 is 11.9. The van der Waals surface area contributed by atoms with Gasteiger partial charge in [-0.2, -0.15) is 0 Å². The van der Waals surface area contributed by atoms with Crippen LogP contribution in [0.2, 0.25) is 0 Å². The van der Waals surface area contributed by atoms with Gasteiger partial charge in [-0.15, -0.1) is 0 Å². The Morgan fingerprint density at radius 1 is 1.08 bits per heavy atom. The van der Waals surface area contributed by atoms with Crippen LogP contribution in [-0.2, 0) is 14.3 Å². The minimum Gasteiger partial charge on any atom is -0.496 e. The first-order chi connectivity index (χ1) is 17.6. The number of methoxy groups -OCH3 is 2. The van der Waals surface area contributed by atoms with Crippen molar-refractivity contribution in [2.75, 3.05) is 14.2 Å². The number of nitrogens with one attached hydrogen (secondary N) is 1. The van der Waals surface area contributed by atoms with E-state index in [1.54, 1.807) is 31.8 Å². The van der Waals surface area contributed by atoms with Gasteiger partial charge >= 0.3 is 5.97 Å². The summed E-state index contributed by atoms with van der Waals surface area (Å²) in [5.74, 6) is 0.0225. The molecule has 196 valence electrons. The maximum atomic E-state index is 13.6. The first-order valence-corrected chi connectivity index (χ1v) is 12.3. The second-order valence-electron chi connectivity index (χ2n) is 9.60. The molecule has 2 atom stereocenters. The number of aromatic nitrogens is 2. The van der Waals surface area contributed by atoms with Gasteiger partial charge in [0.05, 0.1) is 26.7 Å². The Kier molecular flexibility index (Phi) is 9.22. The molecule has 2 unspecified atom stereocenters. The van der Waals surface area contributed by atoms with Crippen LogP contribution in [0.5, 0.6) is 5.75 Å². The van der Waals surface area contributed by atoms with Crippen LogP contribution in [0.25, 0.3) is 11.1 Å². The molecule has 1 N–H and O–H groups in total. The molecule has 1 aromatic carbocycles. The zero-order valence-electron chi connectivity index (χ0n) is 22.3. The van der Waals surface area contributed by atoms with Crippen molar-refractivity contribution >= 4 is 11.9 Å². The summed E-state index contributed by atoms with van der Waals surface area (Å²) in [6, 6.07) is 9.52. The smallest absolute Gasteiger partial charge is 0.307 e. The highest BCUT2D eigenvalue weighted by Gasteiger charge is 2.27. The number of amides is 1. The lowest BCUT2D eigenvalue weighted by molar-refractivity contribution is -0.141. The molecule has 37 heavy (non-hydrogen) atoms. The molecule has 2 heterocycles. The van der Waals surface area contributed by atoms with E-state index in [9.17, 15) is 14.4 Å². The molecular weight excluding hydrogens is 470 g/mol. The minimum atomic E-state index is -0.735. The van der Waals surface area contributed by atoms with Crippen molar-refractivity contribution in [2.45, 2.75) is 52.6 Å². The quantitative estimate of drug-likeness (QED) is 0.406. The molecule has 3 aromatic rings. The molecule has 0 aliphatic heterocycles. The van der Waals surface area contributed by atoms with Crippen LogP contribution >= 0.6 is 0 Å². The topological polar surface area (TPSA) is 99.5 Å². The molecular formula is C29H35N3O5. The lowest BCUT2D eigenvalue weighted by Crippen LogP contribution is -2.40. The number of benzene rings is 1. The average molecular weight is 506 g/mol. The van der Waals surface area contributed by atoms with E-state index in [0.717, 1.165) is 22.3 Å². The Hall–Kier alpha value is -3.94. The van der Waals surface area contributed by atoms with Crippen molar-refractivity contribution in [2.24, 2.45) is 5.92 Å². The zero-order chi connectivity index (χ0) is 27.1. The maximum absolute atomic E-state index is 13.6. The normalized spacial score (nSPS) is 12.6. The molecule has 0 spiro atoms. The van der Waals surface area contributed by atoms with Crippen molar-refractivity contribution in [1.29, 1.82) is 0 Å². The number of esters is 1. The van der Waals surface area contributed by atoms with Crippen LogP contribution < -0.4 is 15.6 Å². The minimum absolute atomic E-state index is 0.0878. The standard InChI is InChI=1S/C29H35N3O5/c1-18(2)12-24(32-11-10-19(3)13-26(32)33)29(35)31-23(15-27(34)37-6)21-14-22(17-30-16-21)28-20(4)8-7-9-25(28)36-5/h7-11,13-14,16-18,23-24H,12,15H2,1-6H3,(H,31,35). The predicted octanol–water partition coefficient (Wildman–Crippen LogP) is 4.54. The average Bonchev–Trinajstić information content (AvgIpc) is 2.86. The van der Waals surface area contributed by atoms with Crippen molar-refractivity contribution in [3.63, 3.8) is 0 Å². The predicted molar refractivity (Wildman–Crippen MR) is 142 cm³/mol. The molecule has 0 saturated heterocycles. The van der Waals surface area contributed by atoms with Gasteiger partial charge in [-0.25, -0.2) is 0 Å². The summed E-state index contributed by atoms with van der Waals surface area (Å²) in [7, 11) is 2.92. The van der Waals surface area contributed by atoms with E-state index in [1.807, 2.05) is 52.0 Å². The Morgan fingerprint density at radius 2 is 1.84 bits per heavy atom. The molecule has 8 nitrogen and oxygen atoms in total. The number of pyridine rings is 2. The van der Waals surface area contributed by atoms with Gasteiger partial charge in [0.2, 0.25) is 5.91 Å². The molecule has 0 radical (unpaired) electrons. The second-order valence-corrected chi connectivity index (χ2v) is 9.60. The summed E-state index contributed by atoms with van der Waals surface area (Å²) in [6.07, 6.45) is 5.36. The zero-order valence-corrected chi connectivity index (χ0v) is 22.3. The summed E-state index contributed by atoms with van der Waals surface area (Å²) in [6.45, 7) is 7.80. The van der Waals surface area contributed by atoms with Crippen molar-refractivity contribution in [1.82, 2.24) is 14.9 Å². The third-order valence-corrected chi connectivity index (χ3v) is 6.26. The number of hydrogen-bond donors (Lipinski definition) is 1. The Morgan fingerprint density at radius 3 is 2.49 bits per heavy atom. The molecule has 0 aliphatic rings. The van der Waals surface area contributed by atoms with E-state index < -0.39 is 18.1 Å². The molecule has 0 bridgehead atoms. The highest BCUT2D eigenvalue weighted by Crippen LogP contribution is 2.34. The molecule has 2 aromatic heterocycles. The number of carbonyl (C=O) groups excluding carboxylic acids is 2. The summed E-state index contributed by atoms with van der Waals surface area (Å²) in [4.78, 5) is 43.1. The number of ether oxygens (including phenoxy) is 2. The van der Waals surface area contributed by atoms with Crippen molar-refractivity contribution < 1.29 is 19.1 Å². The Bertz CT molecular complexity index is 1310. The number of nitrogens with zero attached hydrogens (tertiary/aromatic N) is 2. The largest absolute Gasteiger partial charge is 0.496 e. The lowest BCUT2D eigenvalue weighted by atomic mass is 9.96. The fraction of sp³-hybridized carbons (Fsp3) is 0.379. The highest BCUT2D eigenvalue weighted by atomic mass is 16.5. The van der Waals surface area contributed by atoms with Crippen LogP contribution in [-0.4, -0.2) is 35.6 Å². The van der Waals surface area contributed by atoms with E-state index in [-0.39, 0.29) is 23.8 Å². The van der Waals surface area contributed by atoms with E-state index in [4.69, 9.17) is 9.47 Å². The van der Waals surface area contributed by atoms with Crippen LogP contribution in [0.15, 0.2) is 59.8 Å². The molecule has 0 fully saturated rings. The molecule has 3 rings (SSSR count). The molecule has 0 saturated carbocycles. The Balaban J connectivity index is 2.01. The van der Waals surface area contributed by atoms with Crippen LogP contribution in [0.1, 0.15) is 55.5 Å². The van der Waals surface area contributed by atoms with E-state index in [0.29, 0.717) is 17.7 Å². The van der Waals surface area contributed by atoms with Crippen molar-refractivity contribution in [3.05, 3.63) is 82.0 Å². The monoisotopic (exact) mass is 505 g/mol. The van der Waals surface area contributed by atoms with Gasteiger partial charge in [0.15, 0.2) is 0 Å². The first-order valence-electron chi connectivity index (χ1n) is 12.3. The fourth-order valence-electron chi connectivity index (χ4n) is 4.38. The summed E-state index contributed by atoms with van der Waals surface area (Å²) in [5.41, 5.74) is 3.89. The SMILES string of the molecule is COC(=O)CC(NC(=O)C(CC(C)C)n1ccc(C)cc1=O)c1cncc(-c2c(C)cccc2OC)c1. The second kappa shape index (κ2) is 12.3. The molecule has 8 heteroatoms. The van der Waals surface area contributed by atoms with E-state index >= 15 is 0 Å². The highest BCUT2D eigenvalue weighted by molar-refractivity contribution is 5.82. The number of hydrogen-bond acceptors (Lipinski definition) is 6. The van der Waals surface area contributed by atoms with Crippen molar-refractivity contribution in [3.8, 4) is 16.9 Å². The Labute approximate surface area is 217 Å². The molecule has 0 aliphatic carbocycles. The van der Waals surface area contributed by atoms with Crippen LogP contribution in [0.4, 0.5) is 0 Å². The number of carbonyl (C=O) groups is 2. The van der Waals surface area contributed by atoms with E-state index in [1.165, 1.54) is 17.7 Å². The lowest BCUT2D eigenvalue weighted by Gasteiger charge is -2.25. The van der Waals surface area contributed by atoms with Gasteiger partial charge in [0.1, 0.15) is 11.8 Å². The van der Waals surface area contributed by atoms with E-state index in [2.05, 4.69) is 10.3 Å².